The molecular weight excluding hydrogens is 488 g/mol. The van der Waals surface area contributed by atoms with E-state index in [-0.39, 0.29) is 0 Å². The van der Waals surface area contributed by atoms with E-state index in [2.05, 4.69) is 159 Å². The van der Waals surface area contributed by atoms with Gasteiger partial charge in [0.25, 0.3) is 0 Å². The maximum absolute atomic E-state index is 5.50. The molecule has 1 aliphatic rings. The summed E-state index contributed by atoms with van der Waals surface area (Å²) in [5.41, 5.74) is 11.4. The fourth-order valence-electron chi connectivity index (χ4n) is 4.99. The fraction of sp³-hybridized carbons (Fsp3) is 0.306. The molecule has 1 atom stereocenters. The zero-order chi connectivity index (χ0) is 28.7. The SMILES string of the molecule is C=N.CC(C)c1cccc(C(C)C)c1NCCCN(N/C(=C/c1ccccc1)c1ccccc1)C1C=CC=CC1. The summed E-state index contributed by atoms with van der Waals surface area (Å²) >= 11 is 0. The summed E-state index contributed by atoms with van der Waals surface area (Å²) < 4.78 is 0. The van der Waals surface area contributed by atoms with Crippen LogP contribution in [0.15, 0.2) is 103 Å². The highest BCUT2D eigenvalue weighted by Gasteiger charge is 2.18. The van der Waals surface area contributed by atoms with Crippen molar-refractivity contribution in [3.05, 3.63) is 125 Å². The first-order chi connectivity index (χ1) is 19.5. The molecule has 0 fully saturated rings. The molecule has 3 aromatic rings. The van der Waals surface area contributed by atoms with Crippen LogP contribution in [0.5, 0.6) is 0 Å². The third-order valence-electron chi connectivity index (χ3n) is 7.07. The zero-order valence-electron chi connectivity index (χ0n) is 24.6. The van der Waals surface area contributed by atoms with Gasteiger partial charge >= 0.3 is 0 Å². The van der Waals surface area contributed by atoms with Crippen molar-refractivity contribution in [3.8, 4) is 0 Å². The summed E-state index contributed by atoms with van der Waals surface area (Å²) in [5.74, 6) is 0.982. The molecule has 0 aromatic heterocycles. The number of hydrazine groups is 1. The fourth-order valence-corrected chi connectivity index (χ4v) is 4.99. The third-order valence-corrected chi connectivity index (χ3v) is 7.07. The Hall–Kier alpha value is -3.89. The van der Waals surface area contributed by atoms with Gasteiger partial charge in [-0.25, -0.2) is 5.01 Å². The number of allylic oxidation sites excluding steroid dienone is 2. The van der Waals surface area contributed by atoms with Crippen molar-refractivity contribution in [1.82, 2.24) is 10.4 Å². The van der Waals surface area contributed by atoms with Crippen molar-refractivity contribution in [2.45, 2.75) is 58.4 Å². The van der Waals surface area contributed by atoms with E-state index in [0.717, 1.165) is 31.6 Å². The van der Waals surface area contributed by atoms with Crippen molar-refractivity contribution in [2.24, 2.45) is 0 Å². The lowest BCUT2D eigenvalue weighted by Gasteiger charge is -2.33. The Bertz CT molecular complexity index is 1220. The van der Waals surface area contributed by atoms with Gasteiger partial charge in [-0.15, -0.1) is 0 Å². The van der Waals surface area contributed by atoms with Crippen LogP contribution in [0.3, 0.4) is 0 Å². The van der Waals surface area contributed by atoms with Gasteiger partial charge in [-0.05, 0) is 59.7 Å². The van der Waals surface area contributed by atoms with Crippen LogP contribution in [0.4, 0.5) is 5.69 Å². The Labute approximate surface area is 242 Å². The minimum absolute atomic E-state index is 0.303. The topological polar surface area (TPSA) is 51.2 Å². The van der Waals surface area contributed by atoms with Gasteiger partial charge in [-0.3, -0.25) is 0 Å². The molecule has 0 amide bonds. The second-order valence-corrected chi connectivity index (χ2v) is 10.7. The lowest BCUT2D eigenvalue weighted by Crippen LogP contribution is -2.45. The highest BCUT2D eigenvalue weighted by Crippen LogP contribution is 2.32. The molecule has 210 valence electrons. The number of benzene rings is 3. The second-order valence-electron chi connectivity index (χ2n) is 10.7. The van der Waals surface area contributed by atoms with Gasteiger partial charge in [0.05, 0.1) is 11.7 Å². The molecule has 3 N–H and O–H groups in total. The van der Waals surface area contributed by atoms with Gasteiger partial charge in [0.15, 0.2) is 0 Å². The molecule has 1 aliphatic carbocycles. The van der Waals surface area contributed by atoms with Crippen LogP contribution in [0.1, 0.15) is 74.6 Å². The molecule has 4 heteroatoms. The Morgan fingerprint density at radius 1 is 0.875 bits per heavy atom. The third kappa shape index (κ3) is 8.82. The molecule has 0 bridgehead atoms. The standard InChI is InChI=1S/C35H43N3.CH3N/c1-27(2)32-22-14-23-33(28(3)4)35(32)36-24-15-25-38(31-20-12-7-13-21-31)37-34(30-18-10-6-11-19-30)26-29-16-8-5-9-17-29;1-2/h5-14,16-20,22-23,26-28,31,36-37H,15,21,24-25H2,1-4H3;2H,1H2/b34-26+;. The number of rotatable bonds is 12. The predicted octanol–water partition coefficient (Wildman–Crippen LogP) is 8.89. The molecule has 0 heterocycles. The largest absolute Gasteiger partial charge is 0.385 e. The minimum Gasteiger partial charge on any atom is -0.385 e. The summed E-state index contributed by atoms with van der Waals surface area (Å²) in [5, 5.41) is 11.7. The van der Waals surface area contributed by atoms with Crippen molar-refractivity contribution < 1.29 is 0 Å². The van der Waals surface area contributed by atoms with E-state index >= 15 is 0 Å². The summed E-state index contributed by atoms with van der Waals surface area (Å²) in [7, 11) is 0. The summed E-state index contributed by atoms with van der Waals surface area (Å²) in [6.07, 6.45) is 13.1. The minimum atomic E-state index is 0.303. The zero-order valence-corrected chi connectivity index (χ0v) is 24.6. The van der Waals surface area contributed by atoms with Crippen molar-refractivity contribution in [3.63, 3.8) is 0 Å². The number of hydrogen-bond donors (Lipinski definition) is 3. The Morgan fingerprint density at radius 2 is 1.50 bits per heavy atom. The van der Waals surface area contributed by atoms with Crippen LogP contribution < -0.4 is 10.7 Å². The van der Waals surface area contributed by atoms with Gasteiger partial charge in [0, 0.05) is 18.8 Å². The maximum Gasteiger partial charge on any atom is 0.0568 e. The van der Waals surface area contributed by atoms with Crippen LogP contribution in [0.25, 0.3) is 11.8 Å². The van der Waals surface area contributed by atoms with Crippen molar-refractivity contribution in [2.75, 3.05) is 18.4 Å². The van der Waals surface area contributed by atoms with Crippen molar-refractivity contribution in [1.29, 1.82) is 5.41 Å². The molecule has 40 heavy (non-hydrogen) atoms. The normalized spacial score (nSPS) is 14.8. The summed E-state index contributed by atoms with van der Waals surface area (Å²) in [6, 6.07) is 28.2. The van der Waals surface area contributed by atoms with Crippen LogP contribution in [-0.2, 0) is 0 Å². The van der Waals surface area contributed by atoms with Crippen LogP contribution in [0, 0.1) is 5.41 Å². The highest BCUT2D eigenvalue weighted by atomic mass is 15.5. The van der Waals surface area contributed by atoms with E-state index in [4.69, 9.17) is 5.41 Å². The van der Waals surface area contributed by atoms with Gasteiger partial charge in [0.2, 0.25) is 0 Å². The number of anilines is 1. The average Bonchev–Trinajstić information content (AvgIpc) is 3.00. The van der Waals surface area contributed by atoms with Gasteiger partial charge < -0.3 is 16.2 Å². The van der Waals surface area contributed by atoms with E-state index in [1.54, 1.807) is 0 Å². The van der Waals surface area contributed by atoms with Crippen LogP contribution >= 0.6 is 0 Å². The first-order valence-corrected chi connectivity index (χ1v) is 14.4. The number of nitrogens with one attached hydrogen (secondary N) is 3. The van der Waals surface area contributed by atoms with Gasteiger partial charge in [-0.1, -0.05) is 131 Å². The van der Waals surface area contributed by atoms with Crippen LogP contribution in [0.2, 0.25) is 0 Å². The highest BCUT2D eigenvalue weighted by molar-refractivity contribution is 5.80. The molecule has 0 aliphatic heterocycles. The smallest absolute Gasteiger partial charge is 0.0568 e. The lowest BCUT2D eigenvalue weighted by atomic mass is 9.92. The maximum atomic E-state index is 5.50. The number of hydrogen-bond acceptors (Lipinski definition) is 4. The van der Waals surface area contributed by atoms with Crippen LogP contribution in [-0.4, -0.2) is 30.9 Å². The first kappa shape index (κ1) is 30.6. The quantitative estimate of drug-likeness (QED) is 0.0941. The Balaban J connectivity index is 0.00000216. The number of para-hydroxylation sites is 1. The molecule has 0 spiro atoms. The molecule has 0 radical (unpaired) electrons. The molecule has 4 rings (SSSR count). The van der Waals surface area contributed by atoms with Crippen molar-refractivity contribution >= 4 is 24.2 Å². The summed E-state index contributed by atoms with van der Waals surface area (Å²) in [6.45, 7) is 13.5. The van der Waals surface area contributed by atoms with E-state index in [1.165, 1.54) is 27.9 Å². The monoisotopic (exact) mass is 534 g/mol. The molecule has 0 saturated carbocycles. The molecule has 1 unspecified atom stereocenters. The van der Waals surface area contributed by atoms with E-state index in [0.29, 0.717) is 17.9 Å². The van der Waals surface area contributed by atoms with E-state index in [9.17, 15) is 0 Å². The van der Waals surface area contributed by atoms with E-state index < -0.39 is 0 Å². The average molecular weight is 535 g/mol. The van der Waals surface area contributed by atoms with Gasteiger partial charge in [0.1, 0.15) is 0 Å². The molecule has 3 aromatic carbocycles. The van der Waals surface area contributed by atoms with Gasteiger partial charge in [-0.2, -0.15) is 0 Å². The Kier molecular flexibility index (Phi) is 12.5. The summed E-state index contributed by atoms with van der Waals surface area (Å²) in [4.78, 5) is 0. The van der Waals surface area contributed by atoms with E-state index in [1.807, 2.05) is 0 Å². The molecule has 4 nitrogen and oxygen atoms in total. The molecular formula is C36H46N4. The lowest BCUT2D eigenvalue weighted by molar-refractivity contribution is 0.185. The first-order valence-electron chi connectivity index (χ1n) is 14.4. The predicted molar refractivity (Wildman–Crippen MR) is 175 cm³/mol. The molecule has 0 saturated heterocycles. The Morgan fingerprint density at radius 3 is 2.08 bits per heavy atom. The number of nitrogens with zero attached hydrogens (tertiary/aromatic N) is 1. The second kappa shape index (κ2) is 16.3.